The van der Waals surface area contributed by atoms with Crippen molar-refractivity contribution in [2.24, 2.45) is 0 Å². The van der Waals surface area contributed by atoms with Crippen LogP contribution in [0.25, 0.3) is 0 Å². The van der Waals surface area contributed by atoms with Crippen LogP contribution in [0.2, 0.25) is 0 Å². The summed E-state index contributed by atoms with van der Waals surface area (Å²) in [6.45, 7) is 3.95. The number of rotatable bonds is 6. The van der Waals surface area contributed by atoms with E-state index in [1.165, 1.54) is 31.0 Å². The molecule has 1 aliphatic rings. The van der Waals surface area contributed by atoms with E-state index in [0.717, 1.165) is 26.6 Å². The number of nitrogens with one attached hydrogen (secondary N) is 1. The summed E-state index contributed by atoms with van der Waals surface area (Å²) in [4.78, 5) is 40.9. The van der Waals surface area contributed by atoms with Gasteiger partial charge in [-0.05, 0) is 67.9 Å². The number of aryl methyl sites for hydroxylation is 2. The molecular formula is C26H22N2O4S. The number of amides is 2. The van der Waals surface area contributed by atoms with E-state index in [2.05, 4.69) is 5.32 Å². The molecule has 33 heavy (non-hydrogen) atoms. The van der Waals surface area contributed by atoms with Crippen molar-refractivity contribution in [2.45, 2.75) is 18.7 Å². The van der Waals surface area contributed by atoms with Crippen molar-refractivity contribution in [3.8, 4) is 0 Å². The average molecular weight is 459 g/mol. The van der Waals surface area contributed by atoms with E-state index >= 15 is 0 Å². The van der Waals surface area contributed by atoms with Crippen molar-refractivity contribution in [3.63, 3.8) is 0 Å². The summed E-state index contributed by atoms with van der Waals surface area (Å²) < 4.78 is 4.72. The molecule has 0 aromatic heterocycles. The molecule has 0 saturated carbocycles. The van der Waals surface area contributed by atoms with Gasteiger partial charge in [0.05, 0.1) is 18.4 Å². The summed E-state index contributed by atoms with van der Waals surface area (Å²) in [6.07, 6.45) is 0. The first-order chi connectivity index (χ1) is 15.9. The fourth-order valence-electron chi connectivity index (χ4n) is 3.40. The zero-order valence-corrected chi connectivity index (χ0v) is 19.2. The van der Waals surface area contributed by atoms with Crippen molar-refractivity contribution in [3.05, 3.63) is 100 Å². The maximum atomic E-state index is 13.4. The van der Waals surface area contributed by atoms with Crippen LogP contribution in [0.3, 0.4) is 0 Å². The fourth-order valence-corrected chi connectivity index (χ4v) is 4.33. The second kappa shape index (κ2) is 9.34. The number of carbonyl (C=O) groups is 3. The number of thioether (sulfide) groups is 1. The molecule has 1 aliphatic heterocycles. The van der Waals surface area contributed by atoms with Crippen LogP contribution in [0.1, 0.15) is 21.5 Å². The summed E-state index contributed by atoms with van der Waals surface area (Å²) in [6, 6.07) is 21.5. The highest BCUT2D eigenvalue weighted by Crippen LogP contribution is 2.38. The monoisotopic (exact) mass is 458 g/mol. The second-order valence-electron chi connectivity index (χ2n) is 7.60. The zero-order valence-electron chi connectivity index (χ0n) is 18.4. The summed E-state index contributed by atoms with van der Waals surface area (Å²) in [5.74, 6) is -1.37. The number of methoxy groups -OCH3 is 1. The van der Waals surface area contributed by atoms with Gasteiger partial charge in [0, 0.05) is 10.6 Å². The van der Waals surface area contributed by atoms with Gasteiger partial charge in [0.2, 0.25) is 0 Å². The maximum absolute atomic E-state index is 13.4. The van der Waals surface area contributed by atoms with Crippen LogP contribution in [0.5, 0.6) is 0 Å². The molecule has 6 nitrogen and oxygen atoms in total. The van der Waals surface area contributed by atoms with Gasteiger partial charge in [-0.15, -0.1) is 0 Å². The smallest absolute Gasteiger partial charge is 0.337 e. The number of imide groups is 1. The van der Waals surface area contributed by atoms with Crippen LogP contribution >= 0.6 is 11.8 Å². The minimum atomic E-state index is -0.490. The minimum absolute atomic E-state index is 0.216. The normalized spacial score (nSPS) is 13.5. The molecule has 166 valence electrons. The van der Waals surface area contributed by atoms with E-state index < -0.39 is 17.8 Å². The van der Waals surface area contributed by atoms with E-state index in [0.29, 0.717) is 16.2 Å². The first-order valence-electron chi connectivity index (χ1n) is 10.3. The lowest BCUT2D eigenvalue weighted by atomic mass is 10.2. The molecular weight excluding hydrogens is 436 g/mol. The number of esters is 1. The summed E-state index contributed by atoms with van der Waals surface area (Å²) in [7, 11) is 1.30. The molecule has 3 aromatic rings. The molecule has 0 spiro atoms. The zero-order chi connectivity index (χ0) is 23.5. The van der Waals surface area contributed by atoms with Gasteiger partial charge in [0.1, 0.15) is 10.6 Å². The Balaban J connectivity index is 1.71. The third-order valence-electron chi connectivity index (χ3n) is 5.12. The Bertz CT molecular complexity index is 1260. The molecule has 0 aliphatic carbocycles. The van der Waals surface area contributed by atoms with Crippen molar-refractivity contribution in [1.82, 2.24) is 0 Å². The number of nitrogens with zero attached hydrogens (tertiary/aromatic N) is 1. The summed E-state index contributed by atoms with van der Waals surface area (Å²) in [5.41, 5.74) is 3.78. The number of anilines is 2. The Labute approximate surface area is 196 Å². The SMILES string of the molecule is COC(=O)c1ccc(N2C(=O)C(Nc3cccc(C)c3)=C(Sc3ccc(C)cc3)C2=O)cc1. The standard InChI is InChI=1S/C26H22N2O4S/c1-16-7-13-21(14-8-16)33-23-22(27-19-6-4-5-17(2)15-19)24(29)28(25(23)30)20-11-9-18(10-12-20)26(31)32-3/h4-15,27H,1-3H3. The molecule has 0 unspecified atom stereocenters. The van der Waals surface area contributed by atoms with E-state index in [4.69, 9.17) is 4.74 Å². The molecule has 1 heterocycles. The Morgan fingerprint density at radius 1 is 0.879 bits per heavy atom. The third kappa shape index (κ3) is 4.68. The van der Waals surface area contributed by atoms with Crippen molar-refractivity contribution in [2.75, 3.05) is 17.3 Å². The largest absolute Gasteiger partial charge is 0.465 e. The predicted octanol–water partition coefficient (Wildman–Crippen LogP) is 5.08. The highest BCUT2D eigenvalue weighted by Gasteiger charge is 2.40. The first kappa shape index (κ1) is 22.4. The predicted molar refractivity (Wildman–Crippen MR) is 129 cm³/mol. The second-order valence-corrected chi connectivity index (χ2v) is 8.68. The lowest BCUT2D eigenvalue weighted by Crippen LogP contribution is -2.32. The number of ether oxygens (including phenoxy) is 1. The van der Waals surface area contributed by atoms with Crippen LogP contribution in [0, 0.1) is 13.8 Å². The van der Waals surface area contributed by atoms with Gasteiger partial charge in [-0.1, -0.05) is 41.6 Å². The van der Waals surface area contributed by atoms with E-state index in [9.17, 15) is 14.4 Å². The molecule has 0 radical (unpaired) electrons. The molecule has 0 atom stereocenters. The Morgan fingerprint density at radius 3 is 2.21 bits per heavy atom. The van der Waals surface area contributed by atoms with Gasteiger partial charge in [0.15, 0.2) is 0 Å². The van der Waals surface area contributed by atoms with Crippen molar-refractivity contribution in [1.29, 1.82) is 0 Å². The van der Waals surface area contributed by atoms with Crippen molar-refractivity contribution < 1.29 is 19.1 Å². The van der Waals surface area contributed by atoms with Crippen LogP contribution in [-0.2, 0) is 14.3 Å². The third-order valence-corrected chi connectivity index (χ3v) is 6.21. The van der Waals surface area contributed by atoms with Crippen LogP contribution in [0.15, 0.2) is 88.3 Å². The van der Waals surface area contributed by atoms with Gasteiger partial charge in [0.25, 0.3) is 11.8 Å². The Morgan fingerprint density at radius 2 is 1.58 bits per heavy atom. The average Bonchev–Trinajstić information content (AvgIpc) is 3.04. The molecule has 1 N–H and O–H groups in total. The minimum Gasteiger partial charge on any atom is -0.465 e. The molecule has 0 saturated heterocycles. The molecule has 2 amide bonds. The van der Waals surface area contributed by atoms with Gasteiger partial charge in [-0.25, -0.2) is 9.69 Å². The molecule has 7 heteroatoms. The van der Waals surface area contributed by atoms with Gasteiger partial charge in [-0.2, -0.15) is 0 Å². The summed E-state index contributed by atoms with van der Waals surface area (Å²) in [5, 5.41) is 3.15. The number of hydrogen-bond acceptors (Lipinski definition) is 6. The molecule has 4 rings (SSSR count). The van der Waals surface area contributed by atoms with E-state index in [1.54, 1.807) is 12.1 Å². The number of hydrogen-bond donors (Lipinski definition) is 1. The number of carbonyl (C=O) groups excluding carboxylic acids is 3. The molecule has 0 bridgehead atoms. The van der Waals surface area contributed by atoms with Gasteiger partial charge >= 0.3 is 5.97 Å². The molecule has 0 fully saturated rings. The first-order valence-corrected chi connectivity index (χ1v) is 11.1. The Kier molecular flexibility index (Phi) is 6.33. The van der Waals surface area contributed by atoms with E-state index in [-0.39, 0.29) is 5.70 Å². The van der Waals surface area contributed by atoms with Crippen LogP contribution in [-0.4, -0.2) is 24.9 Å². The van der Waals surface area contributed by atoms with Crippen LogP contribution in [0.4, 0.5) is 11.4 Å². The highest BCUT2D eigenvalue weighted by molar-refractivity contribution is 8.04. The van der Waals surface area contributed by atoms with Crippen LogP contribution < -0.4 is 10.2 Å². The topological polar surface area (TPSA) is 75.7 Å². The van der Waals surface area contributed by atoms with Crippen molar-refractivity contribution >= 4 is 40.9 Å². The molecule has 3 aromatic carbocycles. The lowest BCUT2D eigenvalue weighted by molar-refractivity contribution is -0.120. The Hall–Kier alpha value is -3.84. The fraction of sp³-hybridized carbons (Fsp3) is 0.115. The summed E-state index contributed by atoms with van der Waals surface area (Å²) >= 11 is 1.24. The quantitative estimate of drug-likeness (QED) is 0.410. The highest BCUT2D eigenvalue weighted by atomic mass is 32.2. The maximum Gasteiger partial charge on any atom is 0.337 e. The number of benzene rings is 3. The lowest BCUT2D eigenvalue weighted by Gasteiger charge is -2.15. The van der Waals surface area contributed by atoms with Gasteiger partial charge in [-0.3, -0.25) is 9.59 Å². The van der Waals surface area contributed by atoms with E-state index in [1.807, 2.05) is 62.4 Å². The van der Waals surface area contributed by atoms with Gasteiger partial charge < -0.3 is 10.1 Å².